The lowest BCUT2D eigenvalue weighted by molar-refractivity contribution is 0.102. The number of halogens is 2. The SMILES string of the molecule is O=C(Nc1ccnn1Cc1cccc(Br)c1)c1ccccc1Cl. The topological polar surface area (TPSA) is 46.9 Å². The van der Waals surface area contributed by atoms with Crippen LogP contribution in [0.15, 0.2) is 65.3 Å². The van der Waals surface area contributed by atoms with E-state index in [4.69, 9.17) is 11.6 Å². The highest BCUT2D eigenvalue weighted by Crippen LogP contribution is 2.18. The Kier molecular flexibility index (Phi) is 4.79. The van der Waals surface area contributed by atoms with Crippen molar-refractivity contribution in [2.45, 2.75) is 6.54 Å². The molecule has 23 heavy (non-hydrogen) atoms. The van der Waals surface area contributed by atoms with Crippen LogP contribution in [0.1, 0.15) is 15.9 Å². The number of hydrogen-bond donors (Lipinski definition) is 1. The molecule has 6 heteroatoms. The van der Waals surface area contributed by atoms with Crippen LogP contribution in [0, 0.1) is 0 Å². The fourth-order valence-corrected chi connectivity index (χ4v) is 2.87. The molecule has 0 radical (unpaired) electrons. The second kappa shape index (κ2) is 6.98. The lowest BCUT2D eigenvalue weighted by Crippen LogP contribution is -2.16. The van der Waals surface area contributed by atoms with E-state index in [1.807, 2.05) is 24.3 Å². The molecule has 1 heterocycles. The Morgan fingerprint density at radius 3 is 2.78 bits per heavy atom. The molecule has 116 valence electrons. The third-order valence-corrected chi connectivity index (χ3v) is 4.12. The first-order valence-corrected chi connectivity index (χ1v) is 8.13. The summed E-state index contributed by atoms with van der Waals surface area (Å²) in [6.07, 6.45) is 1.65. The van der Waals surface area contributed by atoms with Gasteiger partial charge in [0.05, 0.1) is 23.3 Å². The summed E-state index contributed by atoms with van der Waals surface area (Å²) in [5.74, 6) is 0.362. The number of aromatic nitrogens is 2. The molecule has 0 aliphatic carbocycles. The summed E-state index contributed by atoms with van der Waals surface area (Å²) >= 11 is 9.51. The van der Waals surface area contributed by atoms with Gasteiger partial charge in [-0.2, -0.15) is 5.10 Å². The van der Waals surface area contributed by atoms with Gasteiger partial charge in [-0.1, -0.05) is 51.8 Å². The van der Waals surface area contributed by atoms with Crippen molar-refractivity contribution in [3.63, 3.8) is 0 Å². The summed E-state index contributed by atoms with van der Waals surface area (Å²) in [7, 11) is 0. The van der Waals surface area contributed by atoms with E-state index in [0.717, 1.165) is 10.0 Å². The monoisotopic (exact) mass is 389 g/mol. The van der Waals surface area contributed by atoms with Gasteiger partial charge in [-0.15, -0.1) is 0 Å². The number of amides is 1. The normalized spacial score (nSPS) is 10.5. The van der Waals surface area contributed by atoms with Crippen LogP contribution in [-0.4, -0.2) is 15.7 Å². The minimum atomic E-state index is -0.258. The van der Waals surface area contributed by atoms with Crippen molar-refractivity contribution >= 4 is 39.3 Å². The average Bonchev–Trinajstić information content (AvgIpc) is 2.94. The van der Waals surface area contributed by atoms with E-state index in [1.54, 1.807) is 41.2 Å². The van der Waals surface area contributed by atoms with Crippen LogP contribution in [0.25, 0.3) is 0 Å². The smallest absolute Gasteiger partial charge is 0.258 e. The third kappa shape index (κ3) is 3.81. The third-order valence-electron chi connectivity index (χ3n) is 3.30. The number of anilines is 1. The Hall–Kier alpha value is -2.11. The predicted molar refractivity (Wildman–Crippen MR) is 94.9 cm³/mol. The fourth-order valence-electron chi connectivity index (χ4n) is 2.20. The first kappa shape index (κ1) is 15.8. The van der Waals surface area contributed by atoms with Crippen molar-refractivity contribution in [3.05, 3.63) is 81.4 Å². The van der Waals surface area contributed by atoms with Crippen LogP contribution in [0.2, 0.25) is 5.02 Å². The zero-order valence-corrected chi connectivity index (χ0v) is 14.4. The minimum Gasteiger partial charge on any atom is -0.307 e. The molecular weight excluding hydrogens is 378 g/mol. The molecule has 0 spiro atoms. The molecule has 3 aromatic rings. The van der Waals surface area contributed by atoms with Crippen LogP contribution in [0.3, 0.4) is 0 Å². The van der Waals surface area contributed by atoms with Gasteiger partial charge >= 0.3 is 0 Å². The van der Waals surface area contributed by atoms with Gasteiger partial charge in [0, 0.05) is 10.5 Å². The summed E-state index contributed by atoms with van der Waals surface area (Å²) in [6.45, 7) is 0.560. The number of hydrogen-bond acceptors (Lipinski definition) is 2. The van der Waals surface area contributed by atoms with Gasteiger partial charge in [-0.3, -0.25) is 4.79 Å². The molecule has 4 nitrogen and oxygen atoms in total. The van der Waals surface area contributed by atoms with Crippen molar-refractivity contribution in [1.82, 2.24) is 9.78 Å². The molecule has 1 amide bonds. The Labute approximate surface area is 147 Å². The summed E-state index contributed by atoms with van der Waals surface area (Å²) in [5.41, 5.74) is 1.51. The zero-order valence-electron chi connectivity index (χ0n) is 12.0. The molecule has 0 atom stereocenters. The Morgan fingerprint density at radius 2 is 2.00 bits per heavy atom. The van der Waals surface area contributed by atoms with E-state index < -0.39 is 0 Å². The molecule has 0 aliphatic rings. The first-order chi connectivity index (χ1) is 11.1. The van der Waals surface area contributed by atoms with Gasteiger partial charge in [0.2, 0.25) is 0 Å². The maximum atomic E-state index is 12.3. The molecule has 2 aromatic carbocycles. The number of nitrogens with one attached hydrogen (secondary N) is 1. The highest BCUT2D eigenvalue weighted by Gasteiger charge is 2.12. The molecule has 0 saturated carbocycles. The lowest BCUT2D eigenvalue weighted by atomic mass is 10.2. The van der Waals surface area contributed by atoms with E-state index in [0.29, 0.717) is 22.9 Å². The molecule has 1 N–H and O–H groups in total. The lowest BCUT2D eigenvalue weighted by Gasteiger charge is -2.10. The van der Waals surface area contributed by atoms with Gasteiger partial charge in [0.1, 0.15) is 5.82 Å². The predicted octanol–water partition coefficient (Wildman–Crippen LogP) is 4.60. The van der Waals surface area contributed by atoms with E-state index in [9.17, 15) is 4.79 Å². The number of carbonyl (C=O) groups is 1. The summed E-state index contributed by atoms with van der Waals surface area (Å²) in [5, 5.41) is 7.53. The van der Waals surface area contributed by atoms with Gasteiger partial charge in [-0.05, 0) is 29.8 Å². The largest absolute Gasteiger partial charge is 0.307 e. The number of benzene rings is 2. The van der Waals surface area contributed by atoms with Gasteiger partial charge in [-0.25, -0.2) is 4.68 Å². The first-order valence-electron chi connectivity index (χ1n) is 6.95. The summed E-state index contributed by atoms with van der Waals surface area (Å²) in [4.78, 5) is 12.3. The van der Waals surface area contributed by atoms with Crippen molar-refractivity contribution in [2.24, 2.45) is 0 Å². The molecule has 0 saturated heterocycles. The fraction of sp³-hybridized carbons (Fsp3) is 0.0588. The molecule has 0 aliphatic heterocycles. The van der Waals surface area contributed by atoms with Gasteiger partial charge < -0.3 is 5.32 Å². The second-order valence-electron chi connectivity index (χ2n) is 4.94. The number of rotatable bonds is 4. The Balaban J connectivity index is 1.79. The van der Waals surface area contributed by atoms with Crippen molar-refractivity contribution in [2.75, 3.05) is 5.32 Å². The van der Waals surface area contributed by atoms with E-state index in [1.165, 1.54) is 0 Å². The molecular formula is C17H13BrClN3O. The quantitative estimate of drug-likeness (QED) is 0.708. The molecule has 0 bridgehead atoms. The van der Waals surface area contributed by atoms with Crippen LogP contribution < -0.4 is 5.32 Å². The Bertz CT molecular complexity index is 847. The highest BCUT2D eigenvalue weighted by atomic mass is 79.9. The average molecular weight is 391 g/mol. The van der Waals surface area contributed by atoms with Gasteiger partial charge in [0.15, 0.2) is 0 Å². The van der Waals surface area contributed by atoms with Gasteiger partial charge in [0.25, 0.3) is 5.91 Å². The van der Waals surface area contributed by atoms with E-state index in [2.05, 4.69) is 26.3 Å². The molecule has 3 rings (SSSR count). The molecule has 0 unspecified atom stereocenters. The highest BCUT2D eigenvalue weighted by molar-refractivity contribution is 9.10. The maximum Gasteiger partial charge on any atom is 0.258 e. The maximum absolute atomic E-state index is 12.3. The van der Waals surface area contributed by atoms with E-state index >= 15 is 0 Å². The van der Waals surface area contributed by atoms with Crippen LogP contribution in [0.4, 0.5) is 5.82 Å². The molecule has 1 aromatic heterocycles. The Morgan fingerprint density at radius 1 is 1.17 bits per heavy atom. The summed E-state index contributed by atoms with van der Waals surface area (Å²) < 4.78 is 2.74. The number of nitrogens with zero attached hydrogens (tertiary/aromatic N) is 2. The van der Waals surface area contributed by atoms with E-state index in [-0.39, 0.29) is 5.91 Å². The minimum absolute atomic E-state index is 0.258. The number of carbonyl (C=O) groups excluding carboxylic acids is 1. The van der Waals surface area contributed by atoms with Crippen molar-refractivity contribution in [1.29, 1.82) is 0 Å². The standard InChI is InChI=1S/C17H13BrClN3O/c18-13-5-3-4-12(10-13)11-22-16(8-9-20-22)21-17(23)14-6-1-2-7-15(14)19/h1-10H,11H2,(H,21,23). The van der Waals surface area contributed by atoms with Crippen molar-refractivity contribution < 1.29 is 4.79 Å². The van der Waals surface area contributed by atoms with Crippen LogP contribution in [0.5, 0.6) is 0 Å². The summed E-state index contributed by atoms with van der Waals surface area (Å²) in [6, 6.07) is 16.6. The zero-order chi connectivity index (χ0) is 16.2. The van der Waals surface area contributed by atoms with Crippen LogP contribution >= 0.6 is 27.5 Å². The van der Waals surface area contributed by atoms with Crippen LogP contribution in [-0.2, 0) is 6.54 Å². The second-order valence-corrected chi connectivity index (χ2v) is 6.26. The van der Waals surface area contributed by atoms with Crippen molar-refractivity contribution in [3.8, 4) is 0 Å². The molecule has 0 fully saturated rings.